The van der Waals surface area contributed by atoms with Crippen LogP contribution < -0.4 is 5.32 Å². The van der Waals surface area contributed by atoms with Crippen molar-refractivity contribution in [2.45, 2.75) is 6.54 Å². The Bertz CT molecular complexity index is 246. The standard InChI is InChI=1S/C9H11NO2/c1-12-9(11)10-7-8-5-3-2-4-6-8/h2-6H,7H2,1H3,(H,10,11)/i1-1. The number of ether oxygens (including phenoxy) is 1. The largest absolute Gasteiger partial charge is 0.453 e. The zero-order valence-corrected chi connectivity index (χ0v) is 6.91. The number of nitrogens with one attached hydrogen (secondary N) is 1. The van der Waals surface area contributed by atoms with E-state index in [1.807, 2.05) is 30.3 Å². The molecular weight excluding hydrogens is 153 g/mol. The molecule has 1 N–H and O–H groups in total. The van der Waals surface area contributed by atoms with Gasteiger partial charge in [0.2, 0.25) is 0 Å². The molecule has 0 saturated carbocycles. The van der Waals surface area contributed by atoms with Crippen molar-refractivity contribution in [3.63, 3.8) is 0 Å². The summed E-state index contributed by atoms with van der Waals surface area (Å²) in [5, 5.41) is 2.59. The van der Waals surface area contributed by atoms with E-state index in [-0.39, 0.29) is 0 Å². The van der Waals surface area contributed by atoms with E-state index in [0.717, 1.165) is 5.56 Å². The molecule has 12 heavy (non-hydrogen) atoms. The van der Waals surface area contributed by atoms with Gasteiger partial charge in [0.05, 0.1) is 7.11 Å². The molecule has 1 amide bonds. The van der Waals surface area contributed by atoms with Crippen LogP contribution in [0.3, 0.4) is 0 Å². The molecule has 0 fully saturated rings. The molecule has 0 aliphatic heterocycles. The number of benzene rings is 1. The molecule has 1 aromatic rings. The van der Waals surface area contributed by atoms with Crippen LogP contribution >= 0.6 is 0 Å². The van der Waals surface area contributed by atoms with Crippen molar-refractivity contribution in [3.05, 3.63) is 35.9 Å². The molecule has 0 heterocycles. The summed E-state index contributed by atoms with van der Waals surface area (Å²) in [7, 11) is 1.35. The highest BCUT2D eigenvalue weighted by Crippen LogP contribution is 1.96. The van der Waals surface area contributed by atoms with E-state index in [9.17, 15) is 4.79 Å². The number of carbonyl (C=O) groups excluding carboxylic acids is 1. The molecule has 0 aliphatic rings. The average molecular weight is 164 g/mol. The lowest BCUT2D eigenvalue weighted by molar-refractivity contribution is 0.170. The number of amides is 1. The lowest BCUT2D eigenvalue weighted by Gasteiger charge is -2.02. The first kappa shape index (κ1) is 8.59. The van der Waals surface area contributed by atoms with E-state index in [2.05, 4.69) is 10.1 Å². The van der Waals surface area contributed by atoms with Crippen molar-refractivity contribution < 1.29 is 9.53 Å². The van der Waals surface area contributed by atoms with Gasteiger partial charge in [0, 0.05) is 6.54 Å². The molecular formula is C9H11NO2. The van der Waals surface area contributed by atoms with Crippen molar-refractivity contribution in [2.75, 3.05) is 7.11 Å². The third kappa shape index (κ3) is 2.62. The maximum Gasteiger partial charge on any atom is 0.407 e. The predicted octanol–water partition coefficient (Wildman–Crippen LogP) is 1.54. The minimum absolute atomic E-state index is 0.404. The molecule has 1 rings (SSSR count). The first-order chi connectivity index (χ1) is 5.83. The summed E-state index contributed by atoms with van der Waals surface area (Å²) in [6.45, 7) is 0.507. The Hall–Kier alpha value is -1.51. The summed E-state index contributed by atoms with van der Waals surface area (Å²) < 4.78 is 4.42. The van der Waals surface area contributed by atoms with E-state index in [1.54, 1.807) is 0 Å². The van der Waals surface area contributed by atoms with Gasteiger partial charge in [0.1, 0.15) is 0 Å². The zero-order chi connectivity index (χ0) is 8.81. The van der Waals surface area contributed by atoms with Gasteiger partial charge in [-0.25, -0.2) is 4.79 Å². The van der Waals surface area contributed by atoms with Crippen LogP contribution in [-0.2, 0) is 11.3 Å². The maximum atomic E-state index is 10.7. The molecule has 0 atom stereocenters. The Morgan fingerprint density at radius 3 is 2.67 bits per heavy atom. The zero-order valence-electron chi connectivity index (χ0n) is 6.91. The molecule has 0 bridgehead atoms. The fourth-order valence-corrected chi connectivity index (χ4v) is 0.842. The minimum Gasteiger partial charge on any atom is -0.453 e. The molecule has 0 saturated heterocycles. The van der Waals surface area contributed by atoms with E-state index >= 15 is 0 Å². The molecule has 0 radical (unpaired) electrons. The van der Waals surface area contributed by atoms with Gasteiger partial charge in [-0.2, -0.15) is 0 Å². The fourth-order valence-electron chi connectivity index (χ4n) is 0.842. The predicted molar refractivity (Wildman–Crippen MR) is 45.7 cm³/mol. The maximum absolute atomic E-state index is 10.7. The molecule has 1 aromatic carbocycles. The van der Waals surface area contributed by atoms with Crippen LogP contribution in [0.25, 0.3) is 0 Å². The highest BCUT2D eigenvalue weighted by atomic mass is 16.5. The first-order valence-corrected chi connectivity index (χ1v) is 3.68. The molecule has 0 aromatic heterocycles. The second-order valence-electron chi connectivity index (χ2n) is 2.33. The Balaban J connectivity index is 2.38. The van der Waals surface area contributed by atoms with Gasteiger partial charge in [-0.3, -0.25) is 0 Å². The number of carbonyl (C=O) groups is 1. The van der Waals surface area contributed by atoms with E-state index in [1.165, 1.54) is 7.11 Å². The third-order valence-corrected chi connectivity index (χ3v) is 1.47. The fraction of sp³-hybridized carbons (Fsp3) is 0.222. The number of alkyl carbamates (subject to hydrolysis) is 1. The summed E-state index contributed by atoms with van der Waals surface area (Å²) in [6, 6.07) is 9.66. The van der Waals surface area contributed by atoms with Gasteiger partial charge in [-0.05, 0) is 5.56 Å². The summed E-state index contributed by atoms with van der Waals surface area (Å²) in [5.41, 5.74) is 1.06. The Morgan fingerprint density at radius 1 is 1.42 bits per heavy atom. The second kappa shape index (κ2) is 4.38. The van der Waals surface area contributed by atoms with E-state index in [4.69, 9.17) is 0 Å². The number of hydrogen-bond donors (Lipinski definition) is 1. The van der Waals surface area contributed by atoms with E-state index in [0.29, 0.717) is 6.54 Å². The lowest BCUT2D eigenvalue weighted by atomic mass is 10.2. The van der Waals surface area contributed by atoms with Crippen molar-refractivity contribution in [2.24, 2.45) is 0 Å². The SMILES string of the molecule is [11CH3]OC(=O)NCc1ccccc1. The molecule has 0 aliphatic carbocycles. The molecule has 3 heteroatoms. The van der Waals surface area contributed by atoms with Crippen LogP contribution in [0.4, 0.5) is 4.79 Å². The average Bonchev–Trinajstić information content (AvgIpc) is 2.16. The van der Waals surface area contributed by atoms with Gasteiger partial charge in [0.15, 0.2) is 0 Å². The Morgan fingerprint density at radius 2 is 2.08 bits per heavy atom. The number of hydrogen-bond acceptors (Lipinski definition) is 2. The summed E-state index contributed by atoms with van der Waals surface area (Å²) in [6.07, 6.45) is -0.404. The summed E-state index contributed by atoms with van der Waals surface area (Å²) in [5.74, 6) is 0. The van der Waals surface area contributed by atoms with Crippen LogP contribution in [-0.4, -0.2) is 13.2 Å². The monoisotopic (exact) mass is 164 g/mol. The lowest BCUT2D eigenvalue weighted by Crippen LogP contribution is -2.22. The summed E-state index contributed by atoms with van der Waals surface area (Å²) >= 11 is 0. The minimum atomic E-state index is -0.404. The number of methoxy groups -OCH3 is 1. The quantitative estimate of drug-likeness (QED) is 0.720. The number of rotatable bonds is 2. The highest BCUT2D eigenvalue weighted by molar-refractivity contribution is 5.66. The topological polar surface area (TPSA) is 38.3 Å². The van der Waals surface area contributed by atoms with Crippen LogP contribution in [0.1, 0.15) is 5.56 Å². The Kier molecular flexibility index (Phi) is 3.14. The molecule has 0 spiro atoms. The van der Waals surface area contributed by atoms with Crippen LogP contribution in [0.2, 0.25) is 0 Å². The van der Waals surface area contributed by atoms with Gasteiger partial charge >= 0.3 is 6.09 Å². The third-order valence-electron chi connectivity index (χ3n) is 1.47. The van der Waals surface area contributed by atoms with Gasteiger partial charge < -0.3 is 10.1 Å². The van der Waals surface area contributed by atoms with Crippen molar-refractivity contribution >= 4 is 6.09 Å². The Labute approximate surface area is 71.4 Å². The molecule has 0 unspecified atom stereocenters. The molecule has 3 nitrogen and oxygen atoms in total. The smallest absolute Gasteiger partial charge is 0.407 e. The second-order valence-corrected chi connectivity index (χ2v) is 2.33. The van der Waals surface area contributed by atoms with Crippen LogP contribution in [0, 0.1) is 0 Å². The van der Waals surface area contributed by atoms with Crippen LogP contribution in [0.15, 0.2) is 30.3 Å². The normalized spacial score (nSPS) is 9.08. The molecule has 64 valence electrons. The van der Waals surface area contributed by atoms with Crippen molar-refractivity contribution in [3.8, 4) is 0 Å². The van der Waals surface area contributed by atoms with Crippen molar-refractivity contribution in [1.29, 1.82) is 0 Å². The highest BCUT2D eigenvalue weighted by Gasteiger charge is 1.96. The van der Waals surface area contributed by atoms with E-state index < -0.39 is 6.09 Å². The van der Waals surface area contributed by atoms with Crippen LogP contribution in [0.5, 0.6) is 0 Å². The first-order valence-electron chi connectivity index (χ1n) is 3.68. The summed E-state index contributed by atoms with van der Waals surface area (Å²) in [4.78, 5) is 10.7. The van der Waals surface area contributed by atoms with Gasteiger partial charge in [-0.15, -0.1) is 0 Å². The van der Waals surface area contributed by atoms with Gasteiger partial charge in [0.25, 0.3) is 0 Å². The van der Waals surface area contributed by atoms with Gasteiger partial charge in [-0.1, -0.05) is 30.3 Å². The van der Waals surface area contributed by atoms with Crippen molar-refractivity contribution in [1.82, 2.24) is 5.32 Å².